The minimum Gasteiger partial charge on any atom is -0.486 e. The van der Waals surface area contributed by atoms with Crippen LogP contribution in [0, 0.1) is 11.7 Å². The van der Waals surface area contributed by atoms with Crippen molar-refractivity contribution < 1.29 is 28.2 Å². The van der Waals surface area contributed by atoms with E-state index in [0.717, 1.165) is 0 Å². The number of benzene rings is 1. The molecule has 1 amide bonds. The van der Waals surface area contributed by atoms with Gasteiger partial charge in [0.1, 0.15) is 23.9 Å². The van der Waals surface area contributed by atoms with Crippen LogP contribution in [0.15, 0.2) is 40.8 Å². The maximum absolute atomic E-state index is 12.8. The highest BCUT2D eigenvalue weighted by Crippen LogP contribution is 2.16. The van der Waals surface area contributed by atoms with Crippen LogP contribution in [0.5, 0.6) is 5.75 Å². The molecular weight excluding hydrogens is 317 g/mol. The first-order chi connectivity index (χ1) is 11.4. The summed E-state index contributed by atoms with van der Waals surface area (Å²) in [5.41, 5.74) is 0. The summed E-state index contributed by atoms with van der Waals surface area (Å²) >= 11 is 0. The first-order valence-corrected chi connectivity index (χ1v) is 7.32. The van der Waals surface area contributed by atoms with Crippen LogP contribution in [0.3, 0.4) is 0 Å². The van der Waals surface area contributed by atoms with Crippen molar-refractivity contribution in [3.8, 4) is 5.75 Å². The van der Waals surface area contributed by atoms with Crippen molar-refractivity contribution in [3.05, 3.63) is 53.7 Å². The molecule has 0 fully saturated rings. The number of halogens is 1. The van der Waals surface area contributed by atoms with E-state index in [1.54, 1.807) is 6.07 Å². The lowest BCUT2D eigenvalue weighted by Gasteiger charge is -2.18. The first-order valence-electron chi connectivity index (χ1n) is 7.32. The molecule has 24 heavy (non-hydrogen) atoms. The van der Waals surface area contributed by atoms with Crippen LogP contribution in [0.4, 0.5) is 4.39 Å². The van der Waals surface area contributed by atoms with Crippen LogP contribution in [0.1, 0.15) is 23.2 Å². The van der Waals surface area contributed by atoms with Gasteiger partial charge in [0.25, 0.3) is 5.91 Å². The van der Waals surface area contributed by atoms with E-state index in [1.807, 2.05) is 0 Å². The summed E-state index contributed by atoms with van der Waals surface area (Å²) in [7, 11) is 1.51. The summed E-state index contributed by atoms with van der Waals surface area (Å²) in [5, 5.41) is 8.88. The molecule has 0 aliphatic rings. The van der Waals surface area contributed by atoms with E-state index < -0.39 is 17.8 Å². The summed E-state index contributed by atoms with van der Waals surface area (Å²) in [6.07, 6.45) is 0. The Morgan fingerprint density at radius 1 is 1.25 bits per heavy atom. The van der Waals surface area contributed by atoms with Gasteiger partial charge in [-0.15, -0.1) is 0 Å². The first kappa shape index (κ1) is 17.5. The van der Waals surface area contributed by atoms with Crippen LogP contribution >= 0.6 is 0 Å². The fourth-order valence-corrected chi connectivity index (χ4v) is 2.02. The lowest BCUT2D eigenvalue weighted by molar-refractivity contribution is -0.141. The highest BCUT2D eigenvalue weighted by atomic mass is 19.1. The van der Waals surface area contributed by atoms with Gasteiger partial charge in [0.15, 0.2) is 5.76 Å². The largest absolute Gasteiger partial charge is 0.486 e. The molecule has 1 atom stereocenters. The van der Waals surface area contributed by atoms with Gasteiger partial charge in [-0.1, -0.05) is 6.92 Å². The zero-order valence-corrected chi connectivity index (χ0v) is 13.4. The second-order valence-corrected chi connectivity index (χ2v) is 5.43. The number of hydrogen-bond acceptors (Lipinski definition) is 4. The van der Waals surface area contributed by atoms with Gasteiger partial charge in [-0.05, 0) is 36.4 Å². The summed E-state index contributed by atoms with van der Waals surface area (Å²) in [6, 6.07) is 8.66. The molecule has 0 bridgehead atoms. The van der Waals surface area contributed by atoms with Crippen LogP contribution in [0.2, 0.25) is 0 Å². The Morgan fingerprint density at radius 2 is 1.92 bits per heavy atom. The summed E-state index contributed by atoms with van der Waals surface area (Å²) in [6.45, 7) is 1.70. The van der Waals surface area contributed by atoms with E-state index in [1.165, 1.54) is 49.2 Å². The van der Waals surface area contributed by atoms with Gasteiger partial charge in [0.2, 0.25) is 0 Å². The van der Waals surface area contributed by atoms with Crippen LogP contribution in [0.25, 0.3) is 0 Å². The number of hydrogen-bond donors (Lipinski definition) is 1. The van der Waals surface area contributed by atoms with Crippen molar-refractivity contribution in [3.63, 3.8) is 0 Å². The van der Waals surface area contributed by atoms with Crippen LogP contribution in [-0.2, 0) is 11.4 Å². The second-order valence-electron chi connectivity index (χ2n) is 5.43. The fourth-order valence-electron chi connectivity index (χ4n) is 2.02. The van der Waals surface area contributed by atoms with E-state index in [0.29, 0.717) is 11.5 Å². The Hall–Kier alpha value is -2.83. The standard InChI is InChI=1S/C17H18FNO5/c1-11(17(21)22)9-19(2)16(20)15-8-7-14(24-15)10-23-13-5-3-12(18)4-6-13/h3-8,11H,9-10H2,1-2H3,(H,21,22). The van der Waals surface area contributed by atoms with Gasteiger partial charge < -0.3 is 19.2 Å². The van der Waals surface area contributed by atoms with Crippen molar-refractivity contribution in [1.29, 1.82) is 0 Å². The molecule has 7 heteroatoms. The van der Waals surface area contributed by atoms with E-state index in [9.17, 15) is 14.0 Å². The molecule has 1 heterocycles. The van der Waals surface area contributed by atoms with Gasteiger partial charge in [-0.2, -0.15) is 0 Å². The monoisotopic (exact) mass is 335 g/mol. The quantitative estimate of drug-likeness (QED) is 0.841. The molecule has 0 saturated heterocycles. The number of aliphatic carboxylic acids is 1. The summed E-state index contributed by atoms with van der Waals surface area (Å²) < 4.78 is 23.7. The molecule has 0 spiro atoms. The Bertz CT molecular complexity index is 710. The third-order valence-corrected chi connectivity index (χ3v) is 3.38. The third-order valence-electron chi connectivity index (χ3n) is 3.38. The molecule has 6 nitrogen and oxygen atoms in total. The number of carboxylic acids is 1. The van der Waals surface area contributed by atoms with Crippen LogP contribution in [-0.4, -0.2) is 35.5 Å². The molecule has 2 aromatic rings. The number of carboxylic acid groups (broad SMARTS) is 1. The SMILES string of the molecule is CC(CN(C)C(=O)c1ccc(COc2ccc(F)cc2)o1)C(=O)O. The average molecular weight is 335 g/mol. The van der Waals surface area contributed by atoms with E-state index >= 15 is 0 Å². The number of amides is 1. The van der Waals surface area contributed by atoms with Crippen molar-refractivity contribution in [1.82, 2.24) is 4.90 Å². The van der Waals surface area contributed by atoms with E-state index in [2.05, 4.69) is 0 Å². The molecule has 128 valence electrons. The van der Waals surface area contributed by atoms with Crippen molar-refractivity contribution in [2.24, 2.45) is 5.92 Å². The number of furan rings is 1. The topological polar surface area (TPSA) is 80.0 Å². The maximum Gasteiger partial charge on any atom is 0.308 e. The summed E-state index contributed by atoms with van der Waals surface area (Å²) in [4.78, 5) is 24.3. The van der Waals surface area contributed by atoms with Crippen LogP contribution < -0.4 is 4.74 Å². The normalized spacial score (nSPS) is 11.8. The molecule has 1 unspecified atom stereocenters. The number of carbonyl (C=O) groups excluding carboxylic acids is 1. The molecule has 2 rings (SSSR count). The van der Waals surface area contributed by atoms with E-state index in [-0.39, 0.29) is 24.7 Å². The lowest BCUT2D eigenvalue weighted by Crippen LogP contribution is -2.33. The highest BCUT2D eigenvalue weighted by molar-refractivity contribution is 5.91. The zero-order chi connectivity index (χ0) is 17.7. The number of ether oxygens (including phenoxy) is 1. The predicted molar refractivity (Wildman–Crippen MR) is 83.2 cm³/mol. The maximum atomic E-state index is 12.8. The molecular formula is C17H18FNO5. The van der Waals surface area contributed by atoms with E-state index in [4.69, 9.17) is 14.3 Å². The van der Waals surface area contributed by atoms with Gasteiger partial charge in [0.05, 0.1) is 5.92 Å². The van der Waals surface area contributed by atoms with Gasteiger partial charge in [-0.3, -0.25) is 9.59 Å². The summed E-state index contributed by atoms with van der Waals surface area (Å²) in [5.74, 6) is -1.39. The van der Waals surface area contributed by atoms with Crippen molar-refractivity contribution >= 4 is 11.9 Å². The Morgan fingerprint density at radius 3 is 2.54 bits per heavy atom. The Balaban J connectivity index is 1.93. The average Bonchev–Trinajstić information content (AvgIpc) is 3.02. The van der Waals surface area contributed by atoms with Gasteiger partial charge >= 0.3 is 5.97 Å². The Kier molecular flexibility index (Phi) is 5.57. The third kappa shape index (κ3) is 4.58. The molecule has 1 N–H and O–H groups in total. The second kappa shape index (κ2) is 7.63. The number of rotatable bonds is 7. The minimum atomic E-state index is -0.970. The van der Waals surface area contributed by atoms with Crippen molar-refractivity contribution in [2.45, 2.75) is 13.5 Å². The lowest BCUT2D eigenvalue weighted by atomic mass is 10.2. The predicted octanol–water partition coefficient (Wildman–Crippen LogP) is 2.79. The fraction of sp³-hybridized carbons (Fsp3) is 0.294. The molecule has 0 saturated carbocycles. The van der Waals surface area contributed by atoms with Gasteiger partial charge in [-0.25, -0.2) is 4.39 Å². The highest BCUT2D eigenvalue weighted by Gasteiger charge is 2.21. The molecule has 0 aliphatic carbocycles. The Labute approximate surface area is 138 Å². The van der Waals surface area contributed by atoms with Gasteiger partial charge in [0, 0.05) is 13.6 Å². The zero-order valence-electron chi connectivity index (χ0n) is 13.4. The molecule has 1 aromatic heterocycles. The molecule has 1 aromatic carbocycles. The smallest absolute Gasteiger partial charge is 0.308 e. The number of carbonyl (C=O) groups is 2. The number of nitrogens with zero attached hydrogens (tertiary/aromatic N) is 1. The van der Waals surface area contributed by atoms with Crippen molar-refractivity contribution in [2.75, 3.05) is 13.6 Å². The molecule has 0 aliphatic heterocycles. The minimum absolute atomic E-state index is 0.0796. The molecule has 0 radical (unpaired) electrons.